The first-order chi connectivity index (χ1) is 6.23. The van der Waals surface area contributed by atoms with Gasteiger partial charge in [-0.25, -0.2) is 4.57 Å². The third-order valence-electron chi connectivity index (χ3n) is 1.82. The Balaban J connectivity index is 2.40. The second kappa shape index (κ2) is 3.02. The molecule has 13 heavy (non-hydrogen) atoms. The van der Waals surface area contributed by atoms with E-state index in [1.54, 1.807) is 6.07 Å². The molecule has 1 atom stereocenters. The molecule has 0 saturated carbocycles. The van der Waals surface area contributed by atoms with Gasteiger partial charge in [0.25, 0.3) is 0 Å². The highest BCUT2D eigenvalue weighted by Crippen LogP contribution is 2.54. The van der Waals surface area contributed by atoms with E-state index in [1.165, 1.54) is 5.82 Å². The van der Waals surface area contributed by atoms with Crippen LogP contribution in [-0.2, 0) is 15.7 Å². The average Bonchev–Trinajstić information content (AvgIpc) is 2.18. The summed E-state index contributed by atoms with van der Waals surface area (Å²) in [5.41, 5.74) is 0.913. The highest BCUT2D eigenvalue weighted by atomic mass is 31.2. The first-order valence-electron chi connectivity index (χ1n) is 3.89. The predicted molar refractivity (Wildman–Crippen MR) is 49.7 cm³/mol. The molecule has 1 heterocycles. The minimum Gasteiger partial charge on any atom is -0.421 e. The summed E-state index contributed by atoms with van der Waals surface area (Å²) in [6, 6.07) is 7.36. The first kappa shape index (κ1) is 8.54. The molecule has 0 aliphatic carbocycles. The summed E-state index contributed by atoms with van der Waals surface area (Å²) in [6.45, 7) is 3.73. The fourth-order valence-corrected chi connectivity index (χ4v) is 2.13. The lowest BCUT2D eigenvalue weighted by Crippen LogP contribution is -2.04. The van der Waals surface area contributed by atoms with Crippen molar-refractivity contribution in [2.24, 2.45) is 0 Å². The highest BCUT2D eigenvalue weighted by Gasteiger charge is 2.27. The van der Waals surface area contributed by atoms with E-state index < -0.39 is 7.60 Å². The zero-order valence-electron chi connectivity index (χ0n) is 6.97. The second-order valence-electron chi connectivity index (χ2n) is 2.69. The molecule has 4 heteroatoms. The van der Waals surface area contributed by atoms with E-state index in [0.717, 1.165) is 5.56 Å². The van der Waals surface area contributed by atoms with Crippen molar-refractivity contribution in [1.29, 1.82) is 0 Å². The Bertz CT molecular complexity index is 386. The zero-order valence-corrected chi connectivity index (χ0v) is 7.87. The van der Waals surface area contributed by atoms with Crippen molar-refractivity contribution >= 4 is 7.60 Å². The van der Waals surface area contributed by atoms with Crippen molar-refractivity contribution in [2.75, 3.05) is 0 Å². The lowest BCUT2D eigenvalue weighted by atomic mass is 10.2. The SMILES string of the molecule is C=CP1(=O)OCc2ccccc2O1. The molecule has 2 rings (SSSR count). The smallest absolute Gasteiger partial charge is 0.403 e. The molecule has 0 amide bonds. The number of fused-ring (bicyclic) bond motifs is 1. The van der Waals surface area contributed by atoms with Crippen LogP contribution in [-0.4, -0.2) is 0 Å². The third kappa shape index (κ3) is 1.53. The first-order valence-corrected chi connectivity index (χ1v) is 5.50. The quantitative estimate of drug-likeness (QED) is 0.648. The van der Waals surface area contributed by atoms with Crippen molar-refractivity contribution in [1.82, 2.24) is 0 Å². The van der Waals surface area contributed by atoms with Gasteiger partial charge in [-0.15, -0.1) is 0 Å². The Morgan fingerprint density at radius 3 is 3.00 bits per heavy atom. The van der Waals surface area contributed by atoms with Gasteiger partial charge >= 0.3 is 7.60 Å². The van der Waals surface area contributed by atoms with Crippen LogP contribution >= 0.6 is 7.60 Å². The van der Waals surface area contributed by atoms with Gasteiger partial charge in [0.2, 0.25) is 0 Å². The normalized spacial score (nSPS) is 25.8. The van der Waals surface area contributed by atoms with Gasteiger partial charge in [0.05, 0.1) is 6.61 Å². The van der Waals surface area contributed by atoms with Crippen LogP contribution in [0.15, 0.2) is 36.7 Å². The Labute approximate surface area is 76.5 Å². The summed E-state index contributed by atoms with van der Waals surface area (Å²) in [5.74, 6) is 1.85. The number of hydrogen-bond acceptors (Lipinski definition) is 3. The predicted octanol–water partition coefficient (Wildman–Crippen LogP) is 2.93. The van der Waals surface area contributed by atoms with Crippen LogP contribution in [0.25, 0.3) is 0 Å². The van der Waals surface area contributed by atoms with E-state index in [4.69, 9.17) is 9.05 Å². The minimum absolute atomic E-state index is 0.319. The standard InChI is InChI=1S/C9H9O3P/c1-2-13(10)11-7-8-5-3-4-6-9(8)12-13/h2-6H,1,7H2. The molecule has 0 fully saturated rings. The molecule has 0 radical (unpaired) electrons. The van der Waals surface area contributed by atoms with Crippen LogP contribution in [0.3, 0.4) is 0 Å². The number of benzene rings is 1. The van der Waals surface area contributed by atoms with Gasteiger partial charge in [-0.2, -0.15) is 0 Å². The van der Waals surface area contributed by atoms with Crippen molar-refractivity contribution in [3.8, 4) is 5.75 Å². The van der Waals surface area contributed by atoms with Gasteiger partial charge in [-0.3, -0.25) is 4.52 Å². The molecule has 0 spiro atoms. The Hall–Kier alpha value is -1.05. The van der Waals surface area contributed by atoms with Gasteiger partial charge in [-0.1, -0.05) is 24.8 Å². The molecular weight excluding hydrogens is 187 g/mol. The lowest BCUT2D eigenvalue weighted by molar-refractivity contribution is 0.240. The van der Waals surface area contributed by atoms with Crippen molar-refractivity contribution < 1.29 is 13.6 Å². The number of hydrogen-bond donors (Lipinski definition) is 0. The van der Waals surface area contributed by atoms with E-state index in [2.05, 4.69) is 6.58 Å². The van der Waals surface area contributed by atoms with E-state index in [0.29, 0.717) is 12.4 Å². The van der Waals surface area contributed by atoms with Gasteiger partial charge in [0.15, 0.2) is 0 Å². The van der Waals surface area contributed by atoms with Crippen molar-refractivity contribution in [3.63, 3.8) is 0 Å². The molecule has 0 aromatic heterocycles. The molecule has 0 bridgehead atoms. The molecule has 3 nitrogen and oxygen atoms in total. The molecule has 0 N–H and O–H groups in total. The van der Waals surface area contributed by atoms with Crippen molar-refractivity contribution in [2.45, 2.75) is 6.61 Å². The fourth-order valence-electron chi connectivity index (χ4n) is 1.13. The van der Waals surface area contributed by atoms with E-state index >= 15 is 0 Å². The van der Waals surface area contributed by atoms with E-state index in [1.807, 2.05) is 18.2 Å². The summed E-state index contributed by atoms with van der Waals surface area (Å²) in [7, 11) is -3.06. The minimum atomic E-state index is -3.06. The van der Waals surface area contributed by atoms with Gasteiger partial charge < -0.3 is 4.52 Å². The summed E-state index contributed by atoms with van der Waals surface area (Å²) >= 11 is 0. The number of rotatable bonds is 1. The van der Waals surface area contributed by atoms with E-state index in [9.17, 15) is 4.57 Å². The summed E-state index contributed by atoms with van der Waals surface area (Å²) in [6.07, 6.45) is 0. The average molecular weight is 196 g/mol. The summed E-state index contributed by atoms with van der Waals surface area (Å²) < 4.78 is 21.8. The van der Waals surface area contributed by atoms with E-state index in [-0.39, 0.29) is 0 Å². The van der Waals surface area contributed by atoms with Crippen LogP contribution in [0.1, 0.15) is 5.56 Å². The Morgan fingerprint density at radius 1 is 1.46 bits per heavy atom. The molecule has 1 aliphatic rings. The maximum absolute atomic E-state index is 11.6. The van der Waals surface area contributed by atoms with Crippen LogP contribution in [0.4, 0.5) is 0 Å². The summed E-state index contributed by atoms with van der Waals surface area (Å²) in [4.78, 5) is 0. The molecule has 1 aliphatic heterocycles. The molecule has 1 unspecified atom stereocenters. The zero-order chi connectivity index (χ0) is 9.31. The second-order valence-corrected chi connectivity index (χ2v) is 4.58. The summed E-state index contributed by atoms with van der Waals surface area (Å²) in [5, 5.41) is 0. The third-order valence-corrected chi connectivity index (χ3v) is 3.21. The molecule has 1 aromatic rings. The van der Waals surface area contributed by atoms with Gasteiger partial charge in [-0.05, 0) is 6.07 Å². The van der Waals surface area contributed by atoms with Crippen molar-refractivity contribution in [3.05, 3.63) is 42.2 Å². The fraction of sp³-hybridized carbons (Fsp3) is 0.111. The largest absolute Gasteiger partial charge is 0.421 e. The monoisotopic (exact) mass is 196 g/mol. The lowest BCUT2D eigenvalue weighted by Gasteiger charge is -2.22. The van der Waals surface area contributed by atoms with Crippen LogP contribution in [0.5, 0.6) is 5.75 Å². The maximum Gasteiger partial charge on any atom is 0.403 e. The van der Waals surface area contributed by atoms with Crippen LogP contribution in [0, 0.1) is 0 Å². The Kier molecular flexibility index (Phi) is 1.98. The van der Waals surface area contributed by atoms with Gasteiger partial charge in [0, 0.05) is 11.4 Å². The molecular formula is C9H9O3P. The molecule has 0 saturated heterocycles. The van der Waals surface area contributed by atoms with Crippen LogP contribution in [0.2, 0.25) is 0 Å². The number of para-hydroxylation sites is 1. The molecule has 68 valence electrons. The topological polar surface area (TPSA) is 35.5 Å². The maximum atomic E-state index is 11.6. The highest BCUT2D eigenvalue weighted by molar-refractivity contribution is 7.57. The Morgan fingerprint density at radius 2 is 2.23 bits per heavy atom. The molecule has 1 aromatic carbocycles. The van der Waals surface area contributed by atoms with Gasteiger partial charge in [0.1, 0.15) is 5.75 Å². The van der Waals surface area contributed by atoms with Crippen LogP contribution < -0.4 is 4.52 Å².